The molecule has 18 heavy (non-hydrogen) atoms. The average Bonchev–Trinajstić information content (AvgIpc) is 2.90. The van der Waals surface area contributed by atoms with Crippen LogP contribution in [0.4, 0.5) is 0 Å². The number of benzene rings is 1. The molecule has 1 amide bonds. The molecule has 1 saturated heterocycles. The minimum Gasteiger partial charge on any atom is -0.351 e. The van der Waals surface area contributed by atoms with Crippen molar-refractivity contribution in [3.05, 3.63) is 29.8 Å². The van der Waals surface area contributed by atoms with Crippen molar-refractivity contribution in [2.24, 2.45) is 0 Å². The Morgan fingerprint density at radius 2 is 2.17 bits per heavy atom. The van der Waals surface area contributed by atoms with Crippen LogP contribution in [0.1, 0.15) is 18.4 Å². The van der Waals surface area contributed by atoms with Crippen LogP contribution in [0.5, 0.6) is 0 Å². The molecule has 1 unspecified atom stereocenters. The van der Waals surface area contributed by atoms with Crippen molar-refractivity contribution in [2.75, 3.05) is 12.8 Å². The number of nitrogens with one attached hydrogen (secondary N) is 2. The molecule has 1 fully saturated rings. The second kappa shape index (κ2) is 7.67. The highest BCUT2D eigenvalue weighted by atomic mass is 35.5. The summed E-state index contributed by atoms with van der Waals surface area (Å²) in [6.45, 7) is 1.58. The Bertz CT molecular complexity index is 377. The third-order valence-electron chi connectivity index (χ3n) is 3.00. The molecule has 2 rings (SSSR count). The summed E-state index contributed by atoms with van der Waals surface area (Å²) >= 11 is 1.72. The van der Waals surface area contributed by atoms with Crippen molar-refractivity contribution in [3.8, 4) is 0 Å². The SMILES string of the molecule is CSc1ccc(CNC(=O)C2CCCN2)cc1.Cl. The summed E-state index contributed by atoms with van der Waals surface area (Å²) in [6, 6.07) is 8.31. The second-order valence-corrected chi connectivity index (χ2v) is 5.09. The summed E-state index contributed by atoms with van der Waals surface area (Å²) in [5, 5.41) is 6.17. The van der Waals surface area contributed by atoms with Crippen LogP contribution < -0.4 is 10.6 Å². The molecule has 0 aliphatic carbocycles. The van der Waals surface area contributed by atoms with E-state index in [1.165, 1.54) is 4.90 Å². The molecule has 1 aromatic rings. The highest BCUT2D eigenvalue weighted by Crippen LogP contribution is 2.14. The van der Waals surface area contributed by atoms with Crippen molar-refractivity contribution in [1.29, 1.82) is 0 Å². The van der Waals surface area contributed by atoms with E-state index in [4.69, 9.17) is 0 Å². The highest BCUT2D eigenvalue weighted by Gasteiger charge is 2.21. The zero-order valence-corrected chi connectivity index (χ0v) is 12.1. The van der Waals surface area contributed by atoms with Gasteiger partial charge in [0.2, 0.25) is 5.91 Å². The lowest BCUT2D eigenvalue weighted by Crippen LogP contribution is -2.39. The molecule has 5 heteroatoms. The summed E-state index contributed by atoms with van der Waals surface area (Å²) in [4.78, 5) is 13.0. The average molecular weight is 287 g/mol. The van der Waals surface area contributed by atoms with Crippen LogP contribution in [0.25, 0.3) is 0 Å². The monoisotopic (exact) mass is 286 g/mol. The fourth-order valence-corrected chi connectivity index (χ4v) is 2.37. The lowest BCUT2D eigenvalue weighted by atomic mass is 10.2. The Kier molecular flexibility index (Phi) is 6.54. The zero-order valence-electron chi connectivity index (χ0n) is 10.4. The fraction of sp³-hybridized carbons (Fsp3) is 0.462. The second-order valence-electron chi connectivity index (χ2n) is 4.21. The van der Waals surface area contributed by atoms with Crippen LogP contribution in [-0.2, 0) is 11.3 Å². The van der Waals surface area contributed by atoms with Crippen LogP contribution in [0.2, 0.25) is 0 Å². The number of thioether (sulfide) groups is 1. The smallest absolute Gasteiger partial charge is 0.237 e. The minimum atomic E-state index is 0. The molecule has 1 aliphatic rings. The van der Waals surface area contributed by atoms with E-state index in [1.807, 2.05) is 0 Å². The summed E-state index contributed by atoms with van der Waals surface area (Å²) in [6.07, 6.45) is 4.11. The zero-order chi connectivity index (χ0) is 12.1. The van der Waals surface area contributed by atoms with Gasteiger partial charge in [-0.05, 0) is 43.3 Å². The van der Waals surface area contributed by atoms with Gasteiger partial charge in [0, 0.05) is 11.4 Å². The number of hydrogen-bond donors (Lipinski definition) is 2. The lowest BCUT2D eigenvalue weighted by Gasteiger charge is -2.11. The maximum Gasteiger partial charge on any atom is 0.237 e. The normalized spacial score (nSPS) is 18.2. The standard InChI is InChI=1S/C13H18N2OS.ClH/c1-17-11-6-4-10(5-7-11)9-15-13(16)12-3-2-8-14-12;/h4-7,12,14H,2-3,8-9H2,1H3,(H,15,16);1H. The molecular weight excluding hydrogens is 268 g/mol. The first-order valence-electron chi connectivity index (χ1n) is 5.93. The van der Waals surface area contributed by atoms with Gasteiger partial charge in [0.25, 0.3) is 0 Å². The highest BCUT2D eigenvalue weighted by molar-refractivity contribution is 7.98. The maximum absolute atomic E-state index is 11.8. The van der Waals surface area contributed by atoms with Gasteiger partial charge in [-0.25, -0.2) is 0 Å². The molecule has 1 aliphatic heterocycles. The Hall–Kier alpha value is -0.710. The van der Waals surface area contributed by atoms with Crippen LogP contribution >= 0.6 is 24.2 Å². The van der Waals surface area contributed by atoms with Gasteiger partial charge in [-0.1, -0.05) is 12.1 Å². The lowest BCUT2D eigenvalue weighted by molar-refractivity contribution is -0.122. The van der Waals surface area contributed by atoms with E-state index >= 15 is 0 Å². The van der Waals surface area contributed by atoms with Crippen molar-refractivity contribution >= 4 is 30.1 Å². The van der Waals surface area contributed by atoms with E-state index in [9.17, 15) is 4.79 Å². The van der Waals surface area contributed by atoms with Gasteiger partial charge in [0.05, 0.1) is 6.04 Å². The van der Waals surface area contributed by atoms with Crippen LogP contribution in [-0.4, -0.2) is 24.7 Å². The molecule has 1 aromatic carbocycles. The van der Waals surface area contributed by atoms with Crippen molar-refractivity contribution < 1.29 is 4.79 Å². The molecule has 0 bridgehead atoms. The quantitative estimate of drug-likeness (QED) is 0.834. The molecule has 2 N–H and O–H groups in total. The van der Waals surface area contributed by atoms with Crippen molar-refractivity contribution in [3.63, 3.8) is 0 Å². The molecule has 0 spiro atoms. The van der Waals surface area contributed by atoms with Crippen molar-refractivity contribution in [2.45, 2.75) is 30.3 Å². The van der Waals surface area contributed by atoms with Gasteiger partial charge < -0.3 is 10.6 Å². The number of halogens is 1. The largest absolute Gasteiger partial charge is 0.351 e. The molecule has 3 nitrogen and oxygen atoms in total. The number of hydrogen-bond acceptors (Lipinski definition) is 3. The predicted octanol–water partition coefficient (Wildman–Crippen LogP) is 2.20. The molecule has 1 atom stereocenters. The molecule has 0 radical (unpaired) electrons. The van der Waals surface area contributed by atoms with E-state index in [0.717, 1.165) is 24.9 Å². The summed E-state index contributed by atoms with van der Waals surface area (Å²) in [5.41, 5.74) is 1.15. The number of amides is 1. The molecule has 1 heterocycles. The first-order chi connectivity index (χ1) is 8.29. The topological polar surface area (TPSA) is 41.1 Å². The van der Waals surface area contributed by atoms with Crippen LogP contribution in [0.3, 0.4) is 0 Å². The number of carbonyl (C=O) groups is 1. The Balaban J connectivity index is 0.00000162. The summed E-state index contributed by atoms with van der Waals surface area (Å²) < 4.78 is 0. The van der Waals surface area contributed by atoms with E-state index in [2.05, 4.69) is 41.2 Å². The fourth-order valence-electron chi connectivity index (χ4n) is 1.96. The minimum absolute atomic E-state index is 0. The molecule has 0 saturated carbocycles. The Labute approximate surface area is 119 Å². The van der Waals surface area contributed by atoms with Gasteiger partial charge in [0.15, 0.2) is 0 Å². The van der Waals surface area contributed by atoms with E-state index in [1.54, 1.807) is 11.8 Å². The Morgan fingerprint density at radius 3 is 2.72 bits per heavy atom. The predicted molar refractivity (Wildman–Crippen MR) is 78.3 cm³/mol. The van der Waals surface area contributed by atoms with Gasteiger partial charge >= 0.3 is 0 Å². The van der Waals surface area contributed by atoms with Gasteiger partial charge in [-0.15, -0.1) is 24.2 Å². The van der Waals surface area contributed by atoms with E-state index in [-0.39, 0.29) is 24.4 Å². The first-order valence-corrected chi connectivity index (χ1v) is 7.16. The summed E-state index contributed by atoms with van der Waals surface area (Å²) in [5.74, 6) is 0.122. The first kappa shape index (κ1) is 15.3. The molecular formula is C13H19ClN2OS. The third-order valence-corrected chi connectivity index (χ3v) is 3.75. The summed E-state index contributed by atoms with van der Waals surface area (Å²) in [7, 11) is 0. The number of rotatable bonds is 4. The molecule has 0 aromatic heterocycles. The van der Waals surface area contributed by atoms with E-state index in [0.29, 0.717) is 6.54 Å². The van der Waals surface area contributed by atoms with Gasteiger partial charge in [-0.3, -0.25) is 4.79 Å². The van der Waals surface area contributed by atoms with Crippen LogP contribution in [0.15, 0.2) is 29.2 Å². The molecule has 100 valence electrons. The number of carbonyl (C=O) groups excluding carboxylic acids is 1. The van der Waals surface area contributed by atoms with Crippen molar-refractivity contribution in [1.82, 2.24) is 10.6 Å². The van der Waals surface area contributed by atoms with Gasteiger partial charge in [0.1, 0.15) is 0 Å². The Morgan fingerprint density at radius 1 is 1.44 bits per heavy atom. The van der Waals surface area contributed by atoms with Crippen LogP contribution in [0, 0.1) is 0 Å². The van der Waals surface area contributed by atoms with Gasteiger partial charge in [-0.2, -0.15) is 0 Å². The maximum atomic E-state index is 11.8. The van der Waals surface area contributed by atoms with E-state index < -0.39 is 0 Å². The third kappa shape index (κ3) is 4.19.